The molecule has 1 aromatic carbocycles. The number of ether oxygens (including phenoxy) is 1. The van der Waals surface area contributed by atoms with E-state index in [2.05, 4.69) is 31.0 Å². The molecule has 0 radical (unpaired) electrons. The van der Waals surface area contributed by atoms with E-state index in [4.69, 9.17) is 16.3 Å². The second-order valence-corrected chi connectivity index (χ2v) is 7.25. The van der Waals surface area contributed by atoms with Crippen LogP contribution in [0.25, 0.3) is 0 Å². The number of nitrogens with zero attached hydrogens (tertiary/aromatic N) is 1. The van der Waals surface area contributed by atoms with Crippen molar-refractivity contribution in [2.45, 2.75) is 52.2 Å². The lowest BCUT2D eigenvalue weighted by Crippen LogP contribution is -2.50. The summed E-state index contributed by atoms with van der Waals surface area (Å²) in [6.07, 6.45) is 1.44. The fourth-order valence-electron chi connectivity index (χ4n) is 2.72. The van der Waals surface area contributed by atoms with Gasteiger partial charge in [0, 0.05) is 12.1 Å². The third kappa shape index (κ3) is 4.37. The van der Waals surface area contributed by atoms with E-state index in [9.17, 15) is 4.79 Å². The number of rotatable bonds is 2. The Morgan fingerprint density at radius 2 is 2.14 bits per heavy atom. The van der Waals surface area contributed by atoms with Crippen molar-refractivity contribution >= 4 is 23.4 Å². The van der Waals surface area contributed by atoms with E-state index in [1.165, 1.54) is 0 Å². The average molecular weight is 325 g/mol. The molecule has 4 nitrogen and oxygen atoms in total. The highest BCUT2D eigenvalue weighted by atomic mass is 35.5. The lowest BCUT2D eigenvalue weighted by atomic mass is 9.99. The SMILES string of the molecule is Cc1cccc(Cl)c1NC(=O)OC1CCCN(C(C)(C)C)C1. The summed E-state index contributed by atoms with van der Waals surface area (Å²) >= 11 is 6.12. The first-order chi connectivity index (χ1) is 10.3. The van der Waals surface area contributed by atoms with Crippen molar-refractivity contribution in [3.63, 3.8) is 0 Å². The maximum absolute atomic E-state index is 12.1. The molecule has 1 aliphatic rings. The summed E-state index contributed by atoms with van der Waals surface area (Å²) in [5.74, 6) is 0. The van der Waals surface area contributed by atoms with Gasteiger partial charge in [0.25, 0.3) is 0 Å². The van der Waals surface area contributed by atoms with Crippen LogP contribution in [0.4, 0.5) is 10.5 Å². The molecule has 1 unspecified atom stereocenters. The van der Waals surface area contributed by atoms with Gasteiger partial charge in [0.1, 0.15) is 6.10 Å². The number of hydrogen-bond donors (Lipinski definition) is 1. The van der Waals surface area contributed by atoms with E-state index in [0.29, 0.717) is 10.7 Å². The minimum atomic E-state index is -0.433. The fraction of sp³-hybridized carbons (Fsp3) is 0.588. The van der Waals surface area contributed by atoms with Crippen LogP contribution >= 0.6 is 11.6 Å². The predicted molar refractivity (Wildman–Crippen MR) is 90.6 cm³/mol. The Morgan fingerprint density at radius 3 is 2.77 bits per heavy atom. The summed E-state index contributed by atoms with van der Waals surface area (Å²) in [5.41, 5.74) is 1.64. The van der Waals surface area contributed by atoms with Gasteiger partial charge < -0.3 is 4.74 Å². The monoisotopic (exact) mass is 324 g/mol. The minimum Gasteiger partial charge on any atom is -0.445 e. The minimum absolute atomic E-state index is 0.0734. The maximum atomic E-state index is 12.1. The van der Waals surface area contributed by atoms with Crippen LogP contribution in [0.1, 0.15) is 39.2 Å². The van der Waals surface area contributed by atoms with Gasteiger partial charge in [0.15, 0.2) is 0 Å². The molecule has 22 heavy (non-hydrogen) atoms. The largest absolute Gasteiger partial charge is 0.445 e. The van der Waals surface area contributed by atoms with Crippen LogP contribution in [0.3, 0.4) is 0 Å². The Morgan fingerprint density at radius 1 is 1.41 bits per heavy atom. The molecule has 0 saturated carbocycles. The zero-order valence-corrected chi connectivity index (χ0v) is 14.5. The van der Waals surface area contributed by atoms with Gasteiger partial charge in [0.2, 0.25) is 0 Å². The highest BCUT2D eigenvalue weighted by Crippen LogP contribution is 2.26. The number of likely N-dealkylation sites (tertiary alicyclic amines) is 1. The van der Waals surface area contributed by atoms with E-state index < -0.39 is 6.09 Å². The van der Waals surface area contributed by atoms with Gasteiger partial charge in [-0.15, -0.1) is 0 Å². The number of carbonyl (C=O) groups excluding carboxylic acids is 1. The molecule has 5 heteroatoms. The van der Waals surface area contributed by atoms with E-state index in [1.54, 1.807) is 6.07 Å². The molecule has 1 N–H and O–H groups in total. The molecular formula is C17H25ClN2O2. The number of benzene rings is 1. The maximum Gasteiger partial charge on any atom is 0.411 e. The molecule has 0 aromatic heterocycles. The molecule has 122 valence electrons. The van der Waals surface area contributed by atoms with Crippen molar-refractivity contribution in [1.29, 1.82) is 0 Å². The van der Waals surface area contributed by atoms with Crippen molar-refractivity contribution in [2.75, 3.05) is 18.4 Å². The quantitative estimate of drug-likeness (QED) is 0.873. The fourth-order valence-corrected chi connectivity index (χ4v) is 2.99. The van der Waals surface area contributed by atoms with Crippen molar-refractivity contribution in [3.05, 3.63) is 28.8 Å². The molecule has 1 saturated heterocycles. The summed E-state index contributed by atoms with van der Waals surface area (Å²) in [5, 5.41) is 3.29. The van der Waals surface area contributed by atoms with Crippen molar-refractivity contribution < 1.29 is 9.53 Å². The molecule has 1 atom stereocenters. The van der Waals surface area contributed by atoms with Crippen molar-refractivity contribution in [3.8, 4) is 0 Å². The molecule has 0 spiro atoms. The van der Waals surface area contributed by atoms with Gasteiger partial charge in [-0.2, -0.15) is 0 Å². The van der Waals surface area contributed by atoms with Crippen LogP contribution in [-0.2, 0) is 4.74 Å². The summed E-state index contributed by atoms with van der Waals surface area (Å²) in [7, 11) is 0. The summed E-state index contributed by atoms with van der Waals surface area (Å²) < 4.78 is 5.58. The lowest BCUT2D eigenvalue weighted by Gasteiger charge is -2.41. The highest BCUT2D eigenvalue weighted by molar-refractivity contribution is 6.33. The van der Waals surface area contributed by atoms with E-state index >= 15 is 0 Å². The zero-order chi connectivity index (χ0) is 16.3. The van der Waals surface area contributed by atoms with Gasteiger partial charge in [-0.1, -0.05) is 23.7 Å². The number of para-hydroxylation sites is 1. The first kappa shape index (κ1) is 17.1. The zero-order valence-electron chi connectivity index (χ0n) is 13.8. The Balaban J connectivity index is 1.95. The van der Waals surface area contributed by atoms with Gasteiger partial charge >= 0.3 is 6.09 Å². The summed E-state index contributed by atoms with van der Waals surface area (Å²) in [6.45, 7) is 10.3. The number of piperidine rings is 1. The number of carbonyl (C=O) groups is 1. The Bertz CT molecular complexity index is 520. The van der Waals surface area contributed by atoms with E-state index in [-0.39, 0.29) is 11.6 Å². The van der Waals surface area contributed by atoms with Crippen LogP contribution < -0.4 is 5.32 Å². The first-order valence-corrected chi connectivity index (χ1v) is 8.13. The molecule has 0 aliphatic carbocycles. The first-order valence-electron chi connectivity index (χ1n) is 7.75. The topological polar surface area (TPSA) is 41.6 Å². The van der Waals surface area contributed by atoms with Gasteiger partial charge in [0.05, 0.1) is 10.7 Å². The summed E-state index contributed by atoms with van der Waals surface area (Å²) in [4.78, 5) is 14.5. The number of hydrogen-bond acceptors (Lipinski definition) is 3. The molecule has 1 heterocycles. The third-order valence-electron chi connectivity index (χ3n) is 4.05. The van der Waals surface area contributed by atoms with Crippen LogP contribution in [0.5, 0.6) is 0 Å². The van der Waals surface area contributed by atoms with Crippen molar-refractivity contribution in [2.24, 2.45) is 0 Å². The number of anilines is 1. The highest BCUT2D eigenvalue weighted by Gasteiger charge is 2.29. The lowest BCUT2D eigenvalue weighted by molar-refractivity contribution is 0.0130. The predicted octanol–water partition coefficient (Wildman–Crippen LogP) is 4.46. The second kappa shape index (κ2) is 6.88. The molecule has 1 aromatic rings. The van der Waals surface area contributed by atoms with E-state index in [0.717, 1.165) is 31.5 Å². The van der Waals surface area contributed by atoms with Crippen LogP contribution in [0.2, 0.25) is 5.02 Å². The average Bonchev–Trinajstić information content (AvgIpc) is 2.42. The van der Waals surface area contributed by atoms with Crippen LogP contribution in [0.15, 0.2) is 18.2 Å². The molecule has 0 bridgehead atoms. The Kier molecular flexibility index (Phi) is 5.35. The second-order valence-electron chi connectivity index (χ2n) is 6.84. The molecule has 1 fully saturated rings. The molecule has 1 aliphatic heterocycles. The standard InChI is InChI=1S/C17H25ClN2O2/c1-12-7-5-9-14(18)15(12)19-16(21)22-13-8-6-10-20(11-13)17(2,3)4/h5,7,9,13H,6,8,10-11H2,1-4H3,(H,19,21). The molecule has 1 amide bonds. The van der Waals surface area contributed by atoms with Crippen molar-refractivity contribution in [1.82, 2.24) is 4.90 Å². The number of amides is 1. The Hall–Kier alpha value is -1.26. The number of aryl methyl sites for hydroxylation is 1. The number of nitrogens with one attached hydrogen (secondary N) is 1. The smallest absolute Gasteiger partial charge is 0.411 e. The summed E-state index contributed by atoms with van der Waals surface area (Å²) in [6, 6.07) is 5.52. The van der Waals surface area contributed by atoms with Gasteiger partial charge in [-0.25, -0.2) is 4.79 Å². The molecule has 2 rings (SSSR count). The number of halogens is 1. The van der Waals surface area contributed by atoms with E-state index in [1.807, 2.05) is 19.1 Å². The van der Waals surface area contributed by atoms with Gasteiger partial charge in [-0.05, 0) is 58.7 Å². The van der Waals surface area contributed by atoms with Crippen LogP contribution in [-0.4, -0.2) is 35.7 Å². The molecular weight excluding hydrogens is 300 g/mol. The third-order valence-corrected chi connectivity index (χ3v) is 4.36. The van der Waals surface area contributed by atoms with Crippen LogP contribution in [0, 0.1) is 6.92 Å². The Labute approximate surface area is 137 Å². The van der Waals surface area contributed by atoms with Gasteiger partial charge in [-0.3, -0.25) is 10.2 Å². The normalized spacial score (nSPS) is 19.8.